The van der Waals surface area contributed by atoms with E-state index in [1.165, 1.54) is 0 Å². The van der Waals surface area contributed by atoms with Gasteiger partial charge in [-0.1, -0.05) is 19.9 Å². The van der Waals surface area contributed by atoms with Gasteiger partial charge in [-0.25, -0.2) is 0 Å². The van der Waals surface area contributed by atoms with Gasteiger partial charge in [0.05, 0.1) is 6.10 Å². The predicted molar refractivity (Wildman–Crippen MR) is 90.2 cm³/mol. The first-order valence-electron chi connectivity index (χ1n) is 7.98. The van der Waals surface area contributed by atoms with Gasteiger partial charge in [0, 0.05) is 23.8 Å². The first-order valence-corrected chi connectivity index (χ1v) is 7.98. The van der Waals surface area contributed by atoms with Crippen LogP contribution in [0.15, 0.2) is 18.2 Å². The quantitative estimate of drug-likeness (QED) is 0.774. The molecule has 1 aromatic carbocycles. The van der Waals surface area contributed by atoms with Crippen LogP contribution < -0.4 is 16.4 Å². The third-order valence-electron chi connectivity index (χ3n) is 3.95. The van der Waals surface area contributed by atoms with Crippen molar-refractivity contribution in [3.63, 3.8) is 0 Å². The largest absolute Gasteiger partial charge is 0.364 e. The minimum atomic E-state index is -0.461. The maximum Gasteiger partial charge on any atom is 0.253 e. The van der Waals surface area contributed by atoms with Crippen LogP contribution >= 0.6 is 0 Å². The summed E-state index contributed by atoms with van der Waals surface area (Å²) in [5.74, 6) is -0.332. The first kappa shape index (κ1) is 17.4. The highest BCUT2D eigenvalue weighted by Crippen LogP contribution is 2.24. The summed E-state index contributed by atoms with van der Waals surface area (Å²) in [7, 11) is 0. The van der Waals surface area contributed by atoms with Crippen LogP contribution in [0.5, 0.6) is 0 Å². The molecule has 1 heterocycles. The zero-order valence-electron chi connectivity index (χ0n) is 13.9. The molecule has 1 saturated heterocycles. The molecular formula is C17H25N3O3. The maximum absolute atomic E-state index is 12.3. The minimum Gasteiger partial charge on any atom is -0.364 e. The fourth-order valence-electron chi connectivity index (χ4n) is 2.41. The minimum absolute atomic E-state index is 0.0384. The number of carbonyl (C=O) groups excluding carboxylic acids is 2. The summed E-state index contributed by atoms with van der Waals surface area (Å²) in [5, 5.41) is 5.71. The topological polar surface area (TPSA) is 93.5 Å². The van der Waals surface area contributed by atoms with Gasteiger partial charge in [-0.2, -0.15) is 0 Å². The van der Waals surface area contributed by atoms with Crippen molar-refractivity contribution in [2.24, 2.45) is 11.7 Å². The van der Waals surface area contributed by atoms with Crippen LogP contribution in [0.3, 0.4) is 0 Å². The van der Waals surface area contributed by atoms with Crippen LogP contribution in [0.1, 0.15) is 32.3 Å². The number of aryl methyl sites for hydroxylation is 1. The molecule has 1 fully saturated rings. The van der Waals surface area contributed by atoms with Crippen LogP contribution in [0.25, 0.3) is 0 Å². The fourth-order valence-corrected chi connectivity index (χ4v) is 2.41. The summed E-state index contributed by atoms with van der Waals surface area (Å²) >= 11 is 0. The lowest BCUT2D eigenvalue weighted by atomic mass is 10.1. The standard InChI is InChI=1S/C17H25N3O3/c1-10(2)16(21)19-12-5-4-11(3)14(8-12)20-17(22)15-7-6-13(9-18)23-15/h4-5,8,10,13,15H,6-7,9,18H2,1-3H3,(H,19,21)(H,20,22)/t13-,15+/m1/s1. The second-order valence-corrected chi connectivity index (χ2v) is 6.22. The molecule has 0 aromatic heterocycles. The molecule has 1 aromatic rings. The van der Waals surface area contributed by atoms with Crippen molar-refractivity contribution in [1.29, 1.82) is 0 Å². The number of benzene rings is 1. The van der Waals surface area contributed by atoms with E-state index >= 15 is 0 Å². The van der Waals surface area contributed by atoms with E-state index in [1.807, 2.05) is 32.9 Å². The Balaban J connectivity index is 2.04. The first-order chi connectivity index (χ1) is 10.9. The van der Waals surface area contributed by atoms with E-state index in [0.29, 0.717) is 24.3 Å². The molecule has 0 spiro atoms. The van der Waals surface area contributed by atoms with Crippen molar-refractivity contribution in [3.05, 3.63) is 23.8 Å². The Kier molecular flexibility index (Phi) is 5.74. The summed E-state index contributed by atoms with van der Waals surface area (Å²) < 4.78 is 5.60. The Morgan fingerprint density at radius 2 is 2.04 bits per heavy atom. The highest BCUT2D eigenvalue weighted by atomic mass is 16.5. The molecule has 126 valence electrons. The fraction of sp³-hybridized carbons (Fsp3) is 0.529. The van der Waals surface area contributed by atoms with Crippen LogP contribution in [-0.2, 0) is 14.3 Å². The maximum atomic E-state index is 12.3. The molecule has 2 atom stereocenters. The summed E-state index contributed by atoms with van der Waals surface area (Å²) in [6.07, 6.45) is 0.981. The number of anilines is 2. The normalized spacial score (nSPS) is 20.6. The zero-order valence-corrected chi connectivity index (χ0v) is 13.9. The lowest BCUT2D eigenvalue weighted by Crippen LogP contribution is -2.30. The van der Waals surface area contributed by atoms with Crippen molar-refractivity contribution in [2.75, 3.05) is 17.2 Å². The molecule has 6 nitrogen and oxygen atoms in total. The Hall–Kier alpha value is -1.92. The van der Waals surface area contributed by atoms with Crippen LogP contribution in [-0.4, -0.2) is 30.6 Å². The Morgan fingerprint density at radius 1 is 1.30 bits per heavy atom. The van der Waals surface area contributed by atoms with Crippen LogP contribution in [0.2, 0.25) is 0 Å². The average Bonchev–Trinajstić information content (AvgIpc) is 2.99. The number of amides is 2. The smallest absolute Gasteiger partial charge is 0.253 e. The molecule has 0 saturated carbocycles. The van der Waals surface area contributed by atoms with Crippen molar-refractivity contribution in [3.8, 4) is 0 Å². The van der Waals surface area contributed by atoms with Gasteiger partial charge < -0.3 is 21.1 Å². The summed E-state index contributed by atoms with van der Waals surface area (Å²) in [6, 6.07) is 5.45. The highest BCUT2D eigenvalue weighted by molar-refractivity contribution is 5.97. The van der Waals surface area contributed by atoms with Crippen LogP contribution in [0, 0.1) is 12.8 Å². The second kappa shape index (κ2) is 7.57. The Labute approximate surface area is 136 Å². The van der Waals surface area contributed by atoms with E-state index in [1.54, 1.807) is 6.07 Å². The van der Waals surface area contributed by atoms with E-state index in [-0.39, 0.29) is 23.8 Å². The van der Waals surface area contributed by atoms with Crippen LogP contribution in [0.4, 0.5) is 11.4 Å². The third kappa shape index (κ3) is 4.53. The number of rotatable bonds is 5. The van der Waals surface area contributed by atoms with Gasteiger partial charge in [0.2, 0.25) is 5.91 Å². The number of nitrogens with two attached hydrogens (primary N) is 1. The van der Waals surface area contributed by atoms with Crippen molar-refractivity contribution in [2.45, 2.75) is 45.8 Å². The Morgan fingerprint density at radius 3 is 2.65 bits per heavy atom. The van der Waals surface area contributed by atoms with Gasteiger partial charge in [-0.05, 0) is 37.5 Å². The predicted octanol–water partition coefficient (Wildman–Crippen LogP) is 2.03. The van der Waals surface area contributed by atoms with E-state index in [2.05, 4.69) is 10.6 Å². The molecular weight excluding hydrogens is 294 g/mol. The number of carbonyl (C=O) groups is 2. The van der Waals surface area contributed by atoms with Gasteiger partial charge >= 0.3 is 0 Å². The number of nitrogens with one attached hydrogen (secondary N) is 2. The zero-order chi connectivity index (χ0) is 17.0. The number of ether oxygens (including phenoxy) is 1. The molecule has 23 heavy (non-hydrogen) atoms. The SMILES string of the molecule is Cc1ccc(NC(=O)C(C)C)cc1NC(=O)[C@@H]1CC[C@H](CN)O1. The molecule has 0 bridgehead atoms. The molecule has 6 heteroatoms. The number of hydrogen-bond donors (Lipinski definition) is 3. The highest BCUT2D eigenvalue weighted by Gasteiger charge is 2.30. The molecule has 4 N–H and O–H groups in total. The third-order valence-corrected chi connectivity index (χ3v) is 3.95. The van der Waals surface area contributed by atoms with Crippen molar-refractivity contribution >= 4 is 23.2 Å². The van der Waals surface area contributed by atoms with Gasteiger partial charge in [-0.3, -0.25) is 9.59 Å². The summed E-state index contributed by atoms with van der Waals surface area (Å²) in [4.78, 5) is 24.1. The lowest BCUT2D eigenvalue weighted by molar-refractivity contribution is -0.126. The molecule has 1 aliphatic heterocycles. The molecule has 2 rings (SSSR count). The van der Waals surface area contributed by atoms with Gasteiger partial charge in [0.25, 0.3) is 5.91 Å². The monoisotopic (exact) mass is 319 g/mol. The van der Waals surface area contributed by atoms with E-state index in [9.17, 15) is 9.59 Å². The van der Waals surface area contributed by atoms with E-state index < -0.39 is 6.10 Å². The van der Waals surface area contributed by atoms with Gasteiger partial charge in [0.1, 0.15) is 6.10 Å². The molecule has 2 amide bonds. The Bertz CT molecular complexity index is 586. The average molecular weight is 319 g/mol. The van der Waals surface area contributed by atoms with Crippen molar-refractivity contribution < 1.29 is 14.3 Å². The molecule has 0 unspecified atom stereocenters. The summed E-state index contributed by atoms with van der Waals surface area (Å²) in [5.41, 5.74) is 7.83. The lowest BCUT2D eigenvalue weighted by Gasteiger charge is -2.15. The molecule has 1 aliphatic rings. The molecule has 0 aliphatic carbocycles. The molecule has 0 radical (unpaired) electrons. The van der Waals surface area contributed by atoms with Gasteiger partial charge in [-0.15, -0.1) is 0 Å². The van der Waals surface area contributed by atoms with Gasteiger partial charge in [0.15, 0.2) is 0 Å². The number of hydrogen-bond acceptors (Lipinski definition) is 4. The van der Waals surface area contributed by atoms with E-state index in [0.717, 1.165) is 12.0 Å². The van der Waals surface area contributed by atoms with Crippen molar-refractivity contribution in [1.82, 2.24) is 0 Å². The summed E-state index contributed by atoms with van der Waals surface area (Å²) in [6.45, 7) is 6.00. The van der Waals surface area contributed by atoms with E-state index in [4.69, 9.17) is 10.5 Å². The second-order valence-electron chi connectivity index (χ2n) is 6.22.